The summed E-state index contributed by atoms with van der Waals surface area (Å²) in [5.41, 5.74) is -1.27. The summed E-state index contributed by atoms with van der Waals surface area (Å²) in [7, 11) is -19.4. The Hall–Kier alpha value is -0.700. The van der Waals surface area contributed by atoms with Crippen molar-refractivity contribution in [1.29, 1.82) is 0 Å². The molecule has 15 heteroatoms. The second kappa shape index (κ2) is 5.19. The highest BCUT2D eigenvalue weighted by atomic mass is 35.5. The highest BCUT2D eigenvalue weighted by molar-refractivity contribution is 8.68. The summed E-state index contributed by atoms with van der Waals surface area (Å²) >= 11 is 5.47. The molecule has 1 aliphatic rings. The monoisotopic (exact) mass is 399 g/mol. The van der Waals surface area contributed by atoms with Crippen LogP contribution < -0.4 is 5.32 Å². The van der Waals surface area contributed by atoms with Crippen LogP contribution in [0.15, 0.2) is 15.1 Å². The van der Waals surface area contributed by atoms with E-state index in [1.54, 1.807) is 5.32 Å². The number of hydrogen-bond acceptors (Lipinski definition) is 10. The fourth-order valence-corrected chi connectivity index (χ4v) is 5.50. The van der Waals surface area contributed by atoms with Crippen LogP contribution in [0.5, 0.6) is 0 Å². The van der Waals surface area contributed by atoms with Crippen LogP contribution in [0, 0.1) is 5.50 Å². The molecule has 0 aliphatic carbocycles. The molecule has 1 rings (SSSR count). The van der Waals surface area contributed by atoms with Crippen LogP contribution in [-0.2, 0) is 35.5 Å². The Bertz CT molecular complexity index is 938. The molecule has 0 amide bonds. The second-order valence-corrected chi connectivity index (χ2v) is 15.8. The molecule has 21 heavy (non-hydrogen) atoms. The molecule has 10 nitrogen and oxygen atoms in total. The zero-order valence-electron chi connectivity index (χ0n) is 10.3. The molecular formula is C6H8ClN2O8S4. The molecule has 0 unspecified atom stereocenters. The molecule has 0 atom stereocenters. The molecule has 1 aliphatic heterocycles. The van der Waals surface area contributed by atoms with E-state index in [1.807, 2.05) is 0 Å². The van der Waals surface area contributed by atoms with Crippen LogP contribution >= 0.6 is 11.6 Å². The highest BCUT2D eigenvalue weighted by Gasteiger charge is 2.43. The predicted octanol–water partition coefficient (Wildman–Crippen LogP) is -1.74. The lowest BCUT2D eigenvalue weighted by Crippen LogP contribution is -2.37. The summed E-state index contributed by atoms with van der Waals surface area (Å²) in [6.07, 6.45) is 1.23. The van der Waals surface area contributed by atoms with Crippen molar-refractivity contribution in [1.82, 2.24) is 5.32 Å². The topological polar surface area (TPSA) is 161 Å². The normalized spacial score (nSPS) is 18.6. The van der Waals surface area contributed by atoms with Crippen LogP contribution in [-0.4, -0.2) is 52.4 Å². The lowest BCUT2D eigenvalue weighted by Gasteiger charge is -2.19. The lowest BCUT2D eigenvalue weighted by atomic mass is 10.6. The first-order valence-corrected chi connectivity index (χ1v) is 12.8. The van der Waals surface area contributed by atoms with E-state index in [0.717, 1.165) is 0 Å². The minimum atomic E-state index is -5.05. The van der Waals surface area contributed by atoms with E-state index in [2.05, 4.69) is 4.99 Å². The molecule has 0 fully saturated rings. The fourth-order valence-electron chi connectivity index (χ4n) is 0.967. The van der Waals surface area contributed by atoms with Gasteiger partial charge in [0.2, 0.25) is 0 Å². The molecule has 1 N–H and O–H groups in total. The number of nitrogens with one attached hydrogen (secondary N) is 1. The van der Waals surface area contributed by atoms with Gasteiger partial charge in [0.1, 0.15) is 0 Å². The summed E-state index contributed by atoms with van der Waals surface area (Å²) in [5.74, 6) is 0. The zero-order chi connectivity index (χ0) is 16.9. The van der Waals surface area contributed by atoms with Crippen molar-refractivity contribution in [3.8, 4) is 0 Å². The number of allylic oxidation sites excluding steroid dienone is 1. The summed E-state index contributed by atoms with van der Waals surface area (Å²) in [6.45, 7) is 0. The maximum atomic E-state index is 11.7. The van der Waals surface area contributed by atoms with Crippen LogP contribution in [0.25, 0.3) is 0 Å². The van der Waals surface area contributed by atoms with E-state index < -0.39 is 51.0 Å². The Kier molecular flexibility index (Phi) is 4.53. The average Bonchev–Trinajstić information content (AvgIpc) is 2.25. The number of nitrogens with zero attached hydrogens (tertiary/aromatic N) is 1. The first-order valence-electron chi connectivity index (χ1n) is 4.60. The van der Waals surface area contributed by atoms with E-state index in [0.29, 0.717) is 18.7 Å². The third-order valence-corrected chi connectivity index (χ3v) is 11.3. The smallest absolute Gasteiger partial charge is 0.308 e. The molecule has 1 heterocycles. The van der Waals surface area contributed by atoms with Crippen molar-refractivity contribution < 1.29 is 33.7 Å². The van der Waals surface area contributed by atoms with Crippen LogP contribution in [0.3, 0.4) is 0 Å². The van der Waals surface area contributed by atoms with Gasteiger partial charge >= 0.3 is 14.4 Å². The summed E-state index contributed by atoms with van der Waals surface area (Å²) in [5, 5.41) is -0.277. The van der Waals surface area contributed by atoms with Crippen molar-refractivity contribution in [2.75, 3.05) is 12.5 Å². The molecule has 0 saturated carbocycles. The van der Waals surface area contributed by atoms with Gasteiger partial charge in [-0.15, -0.1) is 0 Å². The first-order chi connectivity index (χ1) is 9.12. The van der Waals surface area contributed by atoms with E-state index in [9.17, 15) is 33.7 Å². The number of rotatable bonds is 4. The summed E-state index contributed by atoms with van der Waals surface area (Å²) in [4.78, 5) is 3.16. The molecule has 0 spiro atoms. The molecule has 0 aromatic carbocycles. The predicted molar refractivity (Wildman–Crippen MR) is 75.3 cm³/mol. The van der Waals surface area contributed by atoms with Gasteiger partial charge in [-0.25, -0.2) is 38.7 Å². The molecule has 0 aromatic heterocycles. The first kappa shape index (κ1) is 18.3. The Labute approximate surface area is 125 Å². The van der Waals surface area contributed by atoms with Gasteiger partial charge in [0.25, 0.3) is 26.6 Å². The molecular weight excluding hydrogens is 392 g/mol. The Morgan fingerprint density at radius 1 is 0.905 bits per heavy atom. The average molecular weight is 400 g/mol. The quantitative estimate of drug-likeness (QED) is 0.541. The van der Waals surface area contributed by atoms with Crippen LogP contribution in [0.2, 0.25) is 0 Å². The highest BCUT2D eigenvalue weighted by Crippen LogP contribution is 2.27. The number of hydrogen-bond donors (Lipinski definition) is 1. The van der Waals surface area contributed by atoms with Gasteiger partial charge in [0.05, 0.1) is 17.5 Å². The summed E-state index contributed by atoms with van der Waals surface area (Å²) in [6, 6.07) is 0. The van der Waals surface area contributed by atoms with E-state index >= 15 is 0 Å². The van der Waals surface area contributed by atoms with Gasteiger partial charge in [-0.1, -0.05) is 11.6 Å². The molecule has 1 radical (unpaired) electrons. The third kappa shape index (κ3) is 3.23. The zero-order valence-corrected chi connectivity index (χ0v) is 14.3. The molecule has 121 valence electrons. The number of halogens is 1. The molecule has 0 saturated heterocycles. The Morgan fingerprint density at radius 2 is 1.33 bits per heavy atom. The Morgan fingerprint density at radius 3 is 1.71 bits per heavy atom. The second-order valence-electron chi connectivity index (χ2n) is 3.68. The van der Waals surface area contributed by atoms with Crippen LogP contribution in [0.4, 0.5) is 0 Å². The Balaban J connectivity index is 3.48. The van der Waals surface area contributed by atoms with Crippen molar-refractivity contribution in [2.45, 2.75) is 0 Å². The minimum Gasteiger partial charge on any atom is -0.332 e. The lowest BCUT2D eigenvalue weighted by molar-refractivity contribution is 0.579. The molecule has 0 aromatic rings. The van der Waals surface area contributed by atoms with Crippen LogP contribution in [0.1, 0.15) is 0 Å². The van der Waals surface area contributed by atoms with Crippen molar-refractivity contribution in [2.24, 2.45) is 4.99 Å². The van der Waals surface area contributed by atoms with Gasteiger partial charge in [-0.05, 0) is 0 Å². The maximum absolute atomic E-state index is 11.7. The minimum absolute atomic E-state index is 0.358. The fraction of sp³-hybridized carbons (Fsp3) is 0.333. The van der Waals surface area contributed by atoms with Gasteiger partial charge in [0, 0.05) is 6.21 Å². The number of aliphatic imine (C=N–C) groups is 1. The van der Waals surface area contributed by atoms with Gasteiger partial charge in [-0.2, -0.15) is 0 Å². The van der Waals surface area contributed by atoms with Gasteiger partial charge in [0.15, 0.2) is 5.03 Å². The SMILES string of the molecule is CS(=O)(=O)S(=O)(=O)[C]1N=CC(Cl)=C(S(=O)(=O)S(C)(=O)=O)N1. The van der Waals surface area contributed by atoms with E-state index in [4.69, 9.17) is 11.6 Å². The third-order valence-electron chi connectivity index (χ3n) is 2.02. The van der Waals surface area contributed by atoms with Gasteiger partial charge < -0.3 is 5.32 Å². The maximum Gasteiger partial charge on any atom is 0.308 e. The van der Waals surface area contributed by atoms with Crippen molar-refractivity contribution in [3.05, 3.63) is 15.6 Å². The van der Waals surface area contributed by atoms with E-state index in [1.165, 1.54) is 0 Å². The van der Waals surface area contributed by atoms with E-state index in [-0.39, 0.29) is 0 Å². The molecule has 0 bridgehead atoms. The van der Waals surface area contributed by atoms with Gasteiger partial charge in [-0.3, -0.25) is 0 Å². The van der Waals surface area contributed by atoms with Crippen molar-refractivity contribution in [3.63, 3.8) is 0 Å². The van der Waals surface area contributed by atoms with Crippen molar-refractivity contribution >= 4 is 53.3 Å². The largest absolute Gasteiger partial charge is 0.332 e. The summed E-state index contributed by atoms with van der Waals surface area (Å²) < 4.78 is 91.4. The standard InChI is InChI=1S/C6H8ClN2O8S4/c1-18(10,11)20(14,15)5-4(7)3-8-6(9-5)21(16,17)19(2,12)13/h3,9H,1-2H3.